The Kier molecular flexibility index (Phi) is 8.45. The van der Waals surface area contributed by atoms with E-state index in [2.05, 4.69) is 70.2 Å². The summed E-state index contributed by atoms with van der Waals surface area (Å²) in [5.74, 6) is 1.29. The first-order chi connectivity index (χ1) is 16.9. The number of fused-ring (bicyclic) bond motifs is 5. The Bertz CT molecular complexity index is 898. The minimum atomic E-state index is -1.07. The zero-order valence-electron chi connectivity index (χ0n) is 24.5. The number of rotatable bonds is 7. The number of aliphatic hydroxyl groups excluding tert-OH is 3. The molecule has 4 aliphatic rings. The molecule has 3 saturated carbocycles. The summed E-state index contributed by atoms with van der Waals surface area (Å²) >= 11 is 2.44. The average Bonchev–Trinajstić information content (AvgIpc) is 3.07. The van der Waals surface area contributed by atoms with Crippen LogP contribution in [-0.2, 0) is 0 Å². The predicted molar refractivity (Wildman–Crippen MR) is 155 cm³/mol. The van der Waals surface area contributed by atoms with E-state index < -0.39 is 11.7 Å². The van der Waals surface area contributed by atoms with Gasteiger partial charge in [-0.25, -0.2) is 0 Å². The van der Waals surface area contributed by atoms with Crippen molar-refractivity contribution in [3.05, 3.63) is 11.6 Å². The summed E-state index contributed by atoms with van der Waals surface area (Å²) in [6.07, 6.45) is 8.82. The van der Waals surface area contributed by atoms with Gasteiger partial charge in [0, 0.05) is 0 Å². The Morgan fingerprint density at radius 2 is 1.70 bits per heavy atom. The Hall–Kier alpha value is 1.04. The van der Waals surface area contributed by atoms with Gasteiger partial charge < -0.3 is 0 Å². The summed E-state index contributed by atoms with van der Waals surface area (Å²) in [6, 6.07) is 0. The fraction of sp³-hybridized carbons (Fsp3) is 0.935. The zero-order valence-corrected chi connectivity index (χ0v) is 28.8. The van der Waals surface area contributed by atoms with Crippen LogP contribution in [0.3, 0.4) is 0 Å². The number of aliphatic hydroxyl groups is 4. The molecule has 4 aliphatic carbocycles. The van der Waals surface area contributed by atoms with E-state index in [0.717, 1.165) is 32.1 Å². The van der Waals surface area contributed by atoms with E-state index >= 15 is 0 Å². The molecule has 0 heterocycles. The number of halogens is 2. The Morgan fingerprint density at radius 1 is 1.05 bits per heavy atom. The maximum atomic E-state index is 12.3. The summed E-state index contributed by atoms with van der Waals surface area (Å²) in [7, 11) is 0. The molecule has 0 aromatic carbocycles. The third-order valence-electron chi connectivity index (χ3n) is 12.8. The van der Waals surface area contributed by atoms with Crippen molar-refractivity contribution >= 4 is 22.6 Å². The number of allylic oxidation sites excluding steroid dienone is 1. The van der Waals surface area contributed by atoms with Crippen molar-refractivity contribution in [1.29, 1.82) is 0 Å². The van der Waals surface area contributed by atoms with Crippen LogP contribution in [0.1, 0.15) is 107 Å². The van der Waals surface area contributed by atoms with Gasteiger partial charge >= 0.3 is 252 Å². The molecule has 0 aromatic heterocycles. The van der Waals surface area contributed by atoms with Crippen LogP contribution in [0.2, 0.25) is 0 Å². The van der Waals surface area contributed by atoms with Gasteiger partial charge in [0.1, 0.15) is 0 Å². The van der Waals surface area contributed by atoms with Crippen LogP contribution in [0.25, 0.3) is 0 Å². The third-order valence-corrected chi connectivity index (χ3v) is 19.1. The van der Waals surface area contributed by atoms with E-state index in [0.29, 0.717) is 24.2 Å². The molecule has 0 radical (unpaired) electrons. The van der Waals surface area contributed by atoms with E-state index in [1.54, 1.807) is 13.8 Å². The third kappa shape index (κ3) is 4.28. The quantitative estimate of drug-likeness (QED) is 0.184. The molecule has 0 aromatic rings. The summed E-state index contributed by atoms with van der Waals surface area (Å²) in [6.45, 7) is 17.7. The normalized spacial score (nSPS) is 47.0. The number of hydrogen-bond donors (Lipinski definition) is 4. The monoisotopic (exact) mass is 743 g/mol. The standard InChI is InChI=1S/C31H53I2O4/c1-19(9-11-24(35)27(4,5)37)20-13-15-29(7)28(20,6)17-25(36)30(8)22-10-12-23(34)26(2,3)21(22)14-16-31(29,30)33-18-32/h14,19-20,22-25,34-37H,9-13,15-18H2,1-8H3/q-1/t19-,20-,22?,23?,24-,25+,28-,29+,30-,31-/m1/s1. The molecule has 6 heteroatoms. The van der Waals surface area contributed by atoms with Gasteiger partial charge in [-0.15, -0.1) is 0 Å². The van der Waals surface area contributed by atoms with Crippen LogP contribution in [-0.4, -0.2) is 50.2 Å². The molecule has 0 bridgehead atoms. The van der Waals surface area contributed by atoms with E-state index in [-0.39, 0.29) is 58.5 Å². The molecule has 216 valence electrons. The second-order valence-corrected chi connectivity index (χ2v) is 21.9. The Morgan fingerprint density at radius 3 is 2.30 bits per heavy atom. The molecule has 0 amide bonds. The Balaban J connectivity index is 1.75. The summed E-state index contributed by atoms with van der Waals surface area (Å²) in [5, 5.41) is 44.1. The molecule has 10 atom stereocenters. The topological polar surface area (TPSA) is 80.9 Å². The molecular weight excluding hydrogens is 690 g/mol. The van der Waals surface area contributed by atoms with Gasteiger partial charge in [-0.2, -0.15) is 0 Å². The molecule has 4 rings (SSSR count). The van der Waals surface area contributed by atoms with Gasteiger partial charge in [0.05, 0.1) is 0 Å². The van der Waals surface area contributed by atoms with Crippen LogP contribution in [0.5, 0.6) is 0 Å². The summed E-state index contributed by atoms with van der Waals surface area (Å²) in [4.78, 5) is 0. The first-order valence-electron chi connectivity index (χ1n) is 14.6. The second kappa shape index (κ2) is 10.1. The second-order valence-electron chi connectivity index (χ2n) is 14.9. The van der Waals surface area contributed by atoms with Crippen LogP contribution in [0, 0.1) is 39.4 Å². The van der Waals surface area contributed by atoms with Gasteiger partial charge in [0.2, 0.25) is 0 Å². The molecule has 37 heavy (non-hydrogen) atoms. The fourth-order valence-corrected chi connectivity index (χ4v) is 17.6. The molecule has 0 aliphatic heterocycles. The van der Waals surface area contributed by atoms with Crippen molar-refractivity contribution in [2.24, 2.45) is 39.4 Å². The number of hydrogen-bond acceptors (Lipinski definition) is 4. The Labute approximate surface area is 250 Å². The predicted octanol–water partition coefficient (Wildman–Crippen LogP) is 3.08. The first-order valence-corrected chi connectivity index (χ1v) is 18.7. The van der Waals surface area contributed by atoms with E-state index in [1.165, 1.54) is 20.8 Å². The van der Waals surface area contributed by atoms with E-state index in [4.69, 9.17) is 0 Å². The van der Waals surface area contributed by atoms with Crippen molar-refractivity contribution in [3.8, 4) is 0 Å². The van der Waals surface area contributed by atoms with Crippen molar-refractivity contribution in [2.45, 2.75) is 134 Å². The van der Waals surface area contributed by atoms with Crippen molar-refractivity contribution in [2.75, 3.05) is 2.43 Å². The molecular formula is C31H53I2O4-. The van der Waals surface area contributed by atoms with Gasteiger partial charge in [-0.05, 0) is 0 Å². The molecule has 0 saturated heterocycles. The maximum absolute atomic E-state index is 12.3. The molecule has 0 spiro atoms. The van der Waals surface area contributed by atoms with E-state index in [1.807, 2.05) is 0 Å². The summed E-state index contributed by atoms with van der Waals surface area (Å²) < 4.78 is 1.32. The van der Waals surface area contributed by atoms with Gasteiger partial charge in [0.15, 0.2) is 0 Å². The van der Waals surface area contributed by atoms with Crippen LogP contribution >= 0.6 is 22.6 Å². The molecule has 4 nitrogen and oxygen atoms in total. The zero-order chi connectivity index (χ0) is 27.8. The molecule has 3 fully saturated rings. The fourth-order valence-electron chi connectivity index (χ4n) is 9.99. The van der Waals surface area contributed by atoms with E-state index in [9.17, 15) is 20.4 Å². The van der Waals surface area contributed by atoms with Crippen LogP contribution in [0.15, 0.2) is 11.6 Å². The average molecular weight is 744 g/mol. The van der Waals surface area contributed by atoms with Gasteiger partial charge in [-0.3, -0.25) is 0 Å². The number of alkyl halides is 3. The van der Waals surface area contributed by atoms with Gasteiger partial charge in [0.25, 0.3) is 0 Å². The van der Waals surface area contributed by atoms with Crippen molar-refractivity contribution in [3.63, 3.8) is 0 Å². The molecule has 4 N–H and O–H groups in total. The SMILES string of the molecule is C[C@H](CC[C@@H](O)C(C)(C)O)[C@H]1CC[C@]2(C)[C@]3([I-]CI)CC=C4C(CCC(O)C4(C)C)[C@]3(C)[C@@H](O)C[C@]12C. The summed E-state index contributed by atoms with van der Waals surface area (Å²) in [5.41, 5.74) is 0.163. The van der Waals surface area contributed by atoms with Crippen LogP contribution < -0.4 is 21.2 Å². The van der Waals surface area contributed by atoms with Gasteiger partial charge in [-0.1, -0.05) is 0 Å². The first kappa shape index (κ1) is 31.0. The van der Waals surface area contributed by atoms with Crippen molar-refractivity contribution in [1.82, 2.24) is 0 Å². The van der Waals surface area contributed by atoms with Crippen LogP contribution in [0.4, 0.5) is 0 Å². The van der Waals surface area contributed by atoms with Crippen molar-refractivity contribution < 1.29 is 41.6 Å². The molecule has 2 unspecified atom stereocenters. The minimum absolute atomic E-state index is 0.0472.